The maximum absolute atomic E-state index is 12.4. The molecule has 0 saturated carbocycles. The van der Waals surface area contributed by atoms with Crippen LogP contribution >= 0.6 is 11.3 Å². The van der Waals surface area contributed by atoms with E-state index >= 15 is 0 Å². The summed E-state index contributed by atoms with van der Waals surface area (Å²) in [5.74, 6) is 0.605. The fraction of sp³-hybridized carbons (Fsp3) is 0.500. The number of anilines is 1. The summed E-state index contributed by atoms with van der Waals surface area (Å²) in [5.41, 5.74) is 1.85. The van der Waals surface area contributed by atoms with Crippen LogP contribution in [0.5, 0.6) is 5.75 Å². The predicted octanol–water partition coefficient (Wildman–Crippen LogP) is 4.04. The second-order valence-corrected chi connectivity index (χ2v) is 7.81. The number of carbonyl (C=O) groups is 1. The second kappa shape index (κ2) is 9.30. The van der Waals surface area contributed by atoms with Crippen LogP contribution in [-0.4, -0.2) is 43.4 Å². The highest BCUT2D eigenvalue weighted by Gasteiger charge is 2.20. The summed E-state index contributed by atoms with van der Waals surface area (Å²) in [7, 11) is 1.64. The van der Waals surface area contributed by atoms with Gasteiger partial charge in [0.25, 0.3) is 5.91 Å². The lowest BCUT2D eigenvalue weighted by Crippen LogP contribution is -2.32. The summed E-state index contributed by atoms with van der Waals surface area (Å²) in [6.07, 6.45) is 2.79. The van der Waals surface area contributed by atoms with Gasteiger partial charge in [0, 0.05) is 17.0 Å². The summed E-state index contributed by atoms with van der Waals surface area (Å²) in [5, 5.41) is 3.44. The smallest absolute Gasteiger partial charge is 0.254 e. The fourth-order valence-corrected chi connectivity index (χ4v) is 3.78. The van der Waals surface area contributed by atoms with Gasteiger partial charge in [0.15, 0.2) is 5.13 Å². The van der Waals surface area contributed by atoms with Crippen LogP contribution in [0.2, 0.25) is 0 Å². The van der Waals surface area contributed by atoms with Crippen LogP contribution in [0.3, 0.4) is 0 Å². The van der Waals surface area contributed by atoms with Crippen LogP contribution < -0.4 is 10.1 Å². The van der Waals surface area contributed by atoms with Gasteiger partial charge in [-0.25, -0.2) is 4.98 Å². The largest absolute Gasteiger partial charge is 0.497 e. The van der Waals surface area contributed by atoms with Crippen LogP contribution in [0.4, 0.5) is 5.13 Å². The van der Waals surface area contributed by atoms with Gasteiger partial charge in [0.1, 0.15) is 11.9 Å². The Balaban J connectivity index is 1.57. The molecule has 0 spiro atoms. The van der Waals surface area contributed by atoms with Crippen LogP contribution in [0.15, 0.2) is 24.3 Å². The number of thiazole rings is 1. The Hall–Kier alpha value is -1.96. The first-order valence-corrected chi connectivity index (χ1v) is 10.0. The molecule has 0 radical (unpaired) electrons. The average molecular weight is 391 g/mol. The molecule has 146 valence electrons. The number of hydrogen-bond donors (Lipinski definition) is 1. The van der Waals surface area contributed by atoms with E-state index in [-0.39, 0.29) is 12.0 Å². The third kappa shape index (κ3) is 5.28. The molecule has 1 aliphatic heterocycles. The number of nitrogens with one attached hydrogen (secondary N) is 1. The van der Waals surface area contributed by atoms with Gasteiger partial charge in [0.05, 0.1) is 25.5 Å². The molecule has 7 heteroatoms. The lowest BCUT2D eigenvalue weighted by atomic mass is 10.1. The van der Waals surface area contributed by atoms with Crippen molar-refractivity contribution in [3.05, 3.63) is 29.1 Å². The number of aromatic nitrogens is 1. The third-order valence-electron chi connectivity index (χ3n) is 4.57. The molecular weight excluding hydrogens is 364 g/mol. The minimum Gasteiger partial charge on any atom is -0.497 e. The van der Waals surface area contributed by atoms with E-state index in [4.69, 9.17) is 14.2 Å². The Morgan fingerprint density at radius 3 is 2.81 bits per heavy atom. The Labute approximate surface area is 163 Å². The molecule has 1 aromatic carbocycles. The van der Waals surface area contributed by atoms with E-state index in [1.807, 2.05) is 31.2 Å². The van der Waals surface area contributed by atoms with Crippen LogP contribution in [0.1, 0.15) is 31.1 Å². The first-order valence-electron chi connectivity index (χ1n) is 9.22. The number of ether oxygens (including phenoxy) is 3. The highest BCUT2D eigenvalue weighted by Crippen LogP contribution is 2.31. The van der Waals surface area contributed by atoms with Crippen molar-refractivity contribution in [1.82, 2.24) is 4.98 Å². The molecule has 27 heavy (non-hydrogen) atoms. The average Bonchev–Trinajstić information content (AvgIpc) is 3.06. The summed E-state index contributed by atoms with van der Waals surface area (Å²) < 4.78 is 16.5. The van der Waals surface area contributed by atoms with Crippen LogP contribution in [0, 0.1) is 6.92 Å². The number of nitrogens with zero attached hydrogens (tertiary/aromatic N) is 1. The molecule has 2 atom stereocenters. The van der Waals surface area contributed by atoms with Crippen molar-refractivity contribution in [3.8, 4) is 17.0 Å². The lowest BCUT2D eigenvalue weighted by Gasteiger charge is -2.23. The van der Waals surface area contributed by atoms with Crippen molar-refractivity contribution >= 4 is 22.4 Å². The third-order valence-corrected chi connectivity index (χ3v) is 5.45. The maximum Gasteiger partial charge on any atom is 0.254 e. The van der Waals surface area contributed by atoms with Gasteiger partial charge < -0.3 is 14.2 Å². The molecule has 2 unspecified atom stereocenters. The van der Waals surface area contributed by atoms with Crippen molar-refractivity contribution < 1.29 is 19.0 Å². The molecule has 1 aliphatic rings. The van der Waals surface area contributed by atoms with E-state index in [1.165, 1.54) is 11.3 Å². The molecule has 1 saturated heterocycles. The van der Waals surface area contributed by atoms with Crippen LogP contribution in [0.25, 0.3) is 11.3 Å². The van der Waals surface area contributed by atoms with E-state index < -0.39 is 6.10 Å². The SMILES string of the molecule is COc1ccc(-c2nc(NC(=O)C(C)OCC3CCCCO3)sc2C)cc1. The number of rotatable bonds is 7. The predicted molar refractivity (Wildman–Crippen MR) is 106 cm³/mol. The number of carbonyl (C=O) groups excluding carboxylic acids is 1. The molecule has 1 aromatic heterocycles. The van der Waals surface area contributed by atoms with Crippen molar-refractivity contribution in [3.63, 3.8) is 0 Å². The fourth-order valence-electron chi connectivity index (χ4n) is 2.94. The zero-order valence-corrected chi connectivity index (χ0v) is 16.8. The van der Waals surface area contributed by atoms with E-state index in [0.717, 1.165) is 47.8 Å². The van der Waals surface area contributed by atoms with E-state index in [1.54, 1.807) is 14.0 Å². The molecular formula is C20H26N2O4S. The second-order valence-electron chi connectivity index (χ2n) is 6.61. The zero-order chi connectivity index (χ0) is 19.2. The summed E-state index contributed by atoms with van der Waals surface area (Å²) in [6, 6.07) is 7.72. The molecule has 3 rings (SSSR count). The Morgan fingerprint density at radius 2 is 2.15 bits per heavy atom. The number of hydrogen-bond acceptors (Lipinski definition) is 6. The highest BCUT2D eigenvalue weighted by atomic mass is 32.1. The number of aryl methyl sites for hydroxylation is 1. The van der Waals surface area contributed by atoms with Crippen molar-refractivity contribution in [2.45, 2.75) is 45.3 Å². The van der Waals surface area contributed by atoms with Gasteiger partial charge in [-0.3, -0.25) is 10.1 Å². The molecule has 6 nitrogen and oxygen atoms in total. The summed E-state index contributed by atoms with van der Waals surface area (Å²) >= 11 is 1.46. The van der Waals surface area contributed by atoms with Crippen molar-refractivity contribution in [2.75, 3.05) is 25.6 Å². The zero-order valence-electron chi connectivity index (χ0n) is 16.0. The lowest BCUT2D eigenvalue weighted by molar-refractivity contribution is -0.130. The standard InChI is InChI=1S/C20H26N2O4S/c1-13(26-12-17-6-4-5-11-25-17)19(23)22-20-21-18(14(2)27-20)15-7-9-16(24-3)10-8-15/h7-10,13,17H,4-6,11-12H2,1-3H3,(H,21,22,23). The van der Waals surface area contributed by atoms with E-state index in [0.29, 0.717) is 11.7 Å². The van der Waals surface area contributed by atoms with Gasteiger partial charge in [-0.1, -0.05) is 0 Å². The molecule has 0 bridgehead atoms. The normalized spacial score (nSPS) is 18.1. The monoisotopic (exact) mass is 390 g/mol. The molecule has 1 fully saturated rings. The molecule has 0 aliphatic carbocycles. The van der Waals surface area contributed by atoms with Crippen molar-refractivity contribution in [1.29, 1.82) is 0 Å². The minimum atomic E-state index is -0.552. The summed E-state index contributed by atoms with van der Waals surface area (Å²) in [4.78, 5) is 18.0. The highest BCUT2D eigenvalue weighted by molar-refractivity contribution is 7.16. The molecule has 1 amide bonds. The molecule has 2 heterocycles. The van der Waals surface area contributed by atoms with Gasteiger partial charge in [-0.05, 0) is 57.4 Å². The topological polar surface area (TPSA) is 69.7 Å². The number of methoxy groups -OCH3 is 1. The maximum atomic E-state index is 12.4. The Bertz CT molecular complexity index is 754. The van der Waals surface area contributed by atoms with Crippen molar-refractivity contribution in [2.24, 2.45) is 0 Å². The molecule has 2 aromatic rings. The molecule has 1 N–H and O–H groups in total. The van der Waals surface area contributed by atoms with Gasteiger partial charge in [-0.15, -0.1) is 11.3 Å². The number of amides is 1. The minimum absolute atomic E-state index is 0.0952. The number of benzene rings is 1. The van der Waals surface area contributed by atoms with Gasteiger partial charge in [0.2, 0.25) is 0 Å². The quantitative estimate of drug-likeness (QED) is 0.773. The van der Waals surface area contributed by atoms with Gasteiger partial charge in [-0.2, -0.15) is 0 Å². The Morgan fingerprint density at radius 1 is 1.37 bits per heavy atom. The van der Waals surface area contributed by atoms with Crippen LogP contribution in [-0.2, 0) is 14.3 Å². The first-order chi connectivity index (χ1) is 13.1. The summed E-state index contributed by atoms with van der Waals surface area (Å²) in [6.45, 7) is 4.97. The van der Waals surface area contributed by atoms with Gasteiger partial charge >= 0.3 is 0 Å². The van der Waals surface area contributed by atoms with E-state index in [2.05, 4.69) is 10.3 Å². The van der Waals surface area contributed by atoms with E-state index in [9.17, 15) is 4.79 Å². The first kappa shape index (κ1) is 19.8. The Kier molecular flexibility index (Phi) is 6.82.